The lowest BCUT2D eigenvalue weighted by Gasteiger charge is -2.19. The summed E-state index contributed by atoms with van der Waals surface area (Å²) in [6, 6.07) is 0.487. The minimum Gasteiger partial charge on any atom is -0.383 e. The molecule has 0 radical (unpaired) electrons. The minimum atomic E-state index is 0.487. The first-order chi connectivity index (χ1) is 7.65. The molecule has 5 heteroatoms. The highest BCUT2D eigenvalue weighted by molar-refractivity contribution is 7.15. The topological polar surface area (TPSA) is 37.4 Å². The Bertz CT molecular complexity index is 301. The van der Waals surface area contributed by atoms with E-state index in [9.17, 15) is 0 Å². The van der Waals surface area contributed by atoms with Crippen LogP contribution in [0.25, 0.3) is 0 Å². The van der Waals surface area contributed by atoms with E-state index in [0.29, 0.717) is 6.04 Å². The molecule has 16 heavy (non-hydrogen) atoms. The Kier molecular flexibility index (Phi) is 5.73. The lowest BCUT2D eigenvalue weighted by molar-refractivity contribution is 0.199. The molecule has 0 atom stereocenters. The summed E-state index contributed by atoms with van der Waals surface area (Å²) in [6.07, 6.45) is 1.94. The Labute approximate surface area is 102 Å². The predicted molar refractivity (Wildman–Crippen MR) is 69.2 cm³/mol. The van der Waals surface area contributed by atoms with E-state index in [2.05, 4.69) is 36.1 Å². The molecule has 1 aromatic heterocycles. The van der Waals surface area contributed by atoms with E-state index in [1.165, 1.54) is 4.88 Å². The third-order valence-electron chi connectivity index (χ3n) is 2.40. The number of thiazole rings is 1. The Balaban J connectivity index is 2.39. The zero-order chi connectivity index (χ0) is 12.0. The number of hydrogen-bond acceptors (Lipinski definition) is 5. The second-order valence-electron chi connectivity index (χ2n) is 3.98. The van der Waals surface area contributed by atoms with Crippen molar-refractivity contribution in [1.29, 1.82) is 0 Å². The van der Waals surface area contributed by atoms with Crippen molar-refractivity contribution in [2.45, 2.75) is 26.4 Å². The van der Waals surface area contributed by atoms with Gasteiger partial charge in [0.05, 0.1) is 6.61 Å². The Morgan fingerprint density at radius 2 is 2.31 bits per heavy atom. The van der Waals surface area contributed by atoms with Gasteiger partial charge in [0.2, 0.25) is 0 Å². The van der Waals surface area contributed by atoms with E-state index in [1.54, 1.807) is 18.4 Å². The molecule has 0 bridgehead atoms. The van der Waals surface area contributed by atoms with E-state index in [-0.39, 0.29) is 0 Å². The zero-order valence-electron chi connectivity index (χ0n) is 10.5. The molecule has 0 amide bonds. The van der Waals surface area contributed by atoms with E-state index in [1.807, 2.05) is 6.20 Å². The number of rotatable bonds is 7. The van der Waals surface area contributed by atoms with Crippen molar-refractivity contribution in [3.05, 3.63) is 11.1 Å². The lowest BCUT2D eigenvalue weighted by Crippen LogP contribution is -2.25. The normalized spacial score (nSPS) is 11.1. The summed E-state index contributed by atoms with van der Waals surface area (Å²) < 4.78 is 4.97. The van der Waals surface area contributed by atoms with Crippen LogP contribution in [0.2, 0.25) is 0 Å². The molecule has 1 rings (SSSR count). The molecule has 0 unspecified atom stereocenters. The Hall–Kier alpha value is -0.650. The molecule has 1 N–H and O–H groups in total. The number of ether oxygens (including phenoxy) is 1. The van der Waals surface area contributed by atoms with Gasteiger partial charge in [0.15, 0.2) is 5.13 Å². The summed E-state index contributed by atoms with van der Waals surface area (Å²) in [5.41, 5.74) is 0. The van der Waals surface area contributed by atoms with Crippen LogP contribution in [-0.2, 0) is 11.3 Å². The predicted octanol–water partition coefficient (Wildman–Crippen LogP) is 1.72. The van der Waals surface area contributed by atoms with Gasteiger partial charge in [-0.3, -0.25) is 0 Å². The molecule has 0 aliphatic heterocycles. The largest absolute Gasteiger partial charge is 0.383 e. The van der Waals surface area contributed by atoms with Crippen LogP contribution in [0, 0.1) is 0 Å². The molecule has 92 valence electrons. The van der Waals surface area contributed by atoms with Crippen LogP contribution in [0.15, 0.2) is 6.20 Å². The van der Waals surface area contributed by atoms with Gasteiger partial charge in [-0.1, -0.05) is 0 Å². The summed E-state index contributed by atoms with van der Waals surface area (Å²) in [7, 11) is 3.79. The van der Waals surface area contributed by atoms with E-state index in [4.69, 9.17) is 4.74 Å². The first-order valence-electron chi connectivity index (χ1n) is 5.52. The Morgan fingerprint density at radius 1 is 1.56 bits per heavy atom. The van der Waals surface area contributed by atoms with Crippen molar-refractivity contribution in [2.75, 3.05) is 32.2 Å². The maximum Gasteiger partial charge on any atom is 0.185 e. The molecule has 0 fully saturated rings. The van der Waals surface area contributed by atoms with Gasteiger partial charge in [-0.25, -0.2) is 4.98 Å². The third-order valence-corrected chi connectivity index (χ3v) is 3.49. The second-order valence-corrected chi connectivity index (χ2v) is 5.08. The summed E-state index contributed by atoms with van der Waals surface area (Å²) >= 11 is 1.74. The van der Waals surface area contributed by atoms with Gasteiger partial charge in [-0.2, -0.15) is 0 Å². The van der Waals surface area contributed by atoms with Crippen molar-refractivity contribution in [3.63, 3.8) is 0 Å². The number of hydrogen-bond donors (Lipinski definition) is 1. The number of nitrogens with zero attached hydrogens (tertiary/aromatic N) is 2. The van der Waals surface area contributed by atoms with Gasteiger partial charge in [0.1, 0.15) is 0 Å². The van der Waals surface area contributed by atoms with Crippen molar-refractivity contribution >= 4 is 16.5 Å². The first-order valence-corrected chi connectivity index (χ1v) is 6.34. The van der Waals surface area contributed by atoms with E-state index < -0.39 is 0 Å². The maximum absolute atomic E-state index is 4.97. The standard InChI is InChI=1S/C11H21N3OS/c1-9(2)14(3)11-13-8-10(16-11)7-12-5-6-15-4/h8-9,12H,5-7H2,1-4H3. The highest BCUT2D eigenvalue weighted by Crippen LogP contribution is 2.22. The molecule has 0 aliphatic rings. The zero-order valence-corrected chi connectivity index (χ0v) is 11.3. The summed E-state index contributed by atoms with van der Waals surface area (Å²) in [5, 5.41) is 4.39. The molecule has 1 heterocycles. The summed E-state index contributed by atoms with van der Waals surface area (Å²) in [5.74, 6) is 0. The lowest BCUT2D eigenvalue weighted by atomic mass is 10.4. The highest BCUT2D eigenvalue weighted by atomic mass is 32.1. The van der Waals surface area contributed by atoms with E-state index >= 15 is 0 Å². The van der Waals surface area contributed by atoms with E-state index in [0.717, 1.165) is 24.8 Å². The molecule has 0 saturated heterocycles. The number of nitrogens with one attached hydrogen (secondary N) is 1. The fourth-order valence-electron chi connectivity index (χ4n) is 1.15. The van der Waals surface area contributed by atoms with Crippen LogP contribution in [0.4, 0.5) is 5.13 Å². The number of aromatic nitrogens is 1. The molecule has 0 saturated carbocycles. The van der Waals surface area contributed by atoms with Gasteiger partial charge in [-0.05, 0) is 13.8 Å². The number of methoxy groups -OCH3 is 1. The van der Waals surface area contributed by atoms with Crippen LogP contribution in [0.1, 0.15) is 18.7 Å². The third kappa shape index (κ3) is 4.08. The van der Waals surface area contributed by atoms with Crippen molar-refractivity contribution in [1.82, 2.24) is 10.3 Å². The van der Waals surface area contributed by atoms with Crippen LogP contribution in [-0.4, -0.2) is 38.3 Å². The monoisotopic (exact) mass is 243 g/mol. The molecule has 1 aromatic rings. The molecule has 0 aliphatic carbocycles. The first kappa shape index (κ1) is 13.4. The second kappa shape index (κ2) is 6.83. The van der Waals surface area contributed by atoms with Crippen LogP contribution in [0.5, 0.6) is 0 Å². The molecule has 0 spiro atoms. The molecule has 0 aromatic carbocycles. The maximum atomic E-state index is 4.97. The molecular formula is C11H21N3OS. The van der Waals surface area contributed by atoms with Gasteiger partial charge in [0, 0.05) is 44.4 Å². The van der Waals surface area contributed by atoms with Crippen LogP contribution in [0.3, 0.4) is 0 Å². The summed E-state index contributed by atoms with van der Waals surface area (Å²) in [4.78, 5) is 7.86. The van der Waals surface area contributed by atoms with Crippen molar-refractivity contribution < 1.29 is 4.74 Å². The Morgan fingerprint density at radius 3 is 2.94 bits per heavy atom. The van der Waals surface area contributed by atoms with Crippen LogP contribution < -0.4 is 10.2 Å². The minimum absolute atomic E-state index is 0.487. The van der Waals surface area contributed by atoms with Crippen molar-refractivity contribution in [2.24, 2.45) is 0 Å². The fraction of sp³-hybridized carbons (Fsp3) is 0.727. The SMILES string of the molecule is COCCNCc1cnc(N(C)C(C)C)s1. The highest BCUT2D eigenvalue weighted by Gasteiger charge is 2.09. The van der Waals surface area contributed by atoms with Gasteiger partial charge in [-0.15, -0.1) is 11.3 Å². The van der Waals surface area contributed by atoms with Crippen molar-refractivity contribution in [3.8, 4) is 0 Å². The average molecular weight is 243 g/mol. The van der Waals surface area contributed by atoms with Crippen LogP contribution >= 0.6 is 11.3 Å². The molecule has 4 nitrogen and oxygen atoms in total. The van der Waals surface area contributed by atoms with Gasteiger partial charge >= 0.3 is 0 Å². The number of anilines is 1. The quantitative estimate of drug-likeness (QED) is 0.740. The summed E-state index contributed by atoms with van der Waals surface area (Å²) in [6.45, 7) is 6.82. The fourth-order valence-corrected chi connectivity index (χ4v) is 2.12. The van der Waals surface area contributed by atoms with Gasteiger partial charge in [0.25, 0.3) is 0 Å². The molecular weight excluding hydrogens is 222 g/mol. The average Bonchev–Trinajstić information content (AvgIpc) is 2.72. The smallest absolute Gasteiger partial charge is 0.185 e. The van der Waals surface area contributed by atoms with Gasteiger partial charge < -0.3 is 15.0 Å².